The molecule has 3 rings (SSSR count). The van der Waals surface area contributed by atoms with E-state index in [-0.39, 0.29) is 24.2 Å². The summed E-state index contributed by atoms with van der Waals surface area (Å²) in [5.41, 5.74) is 3.97. The van der Waals surface area contributed by atoms with Crippen molar-refractivity contribution >= 4 is 28.9 Å². The highest BCUT2D eigenvalue weighted by atomic mass is 32.1. The Labute approximate surface area is 176 Å². The monoisotopic (exact) mass is 415 g/mol. The molecule has 6 nitrogen and oxygen atoms in total. The fourth-order valence-electron chi connectivity index (χ4n) is 3.59. The average molecular weight is 416 g/mol. The average Bonchev–Trinajstić information content (AvgIpc) is 3.11. The van der Waals surface area contributed by atoms with Crippen LogP contribution in [0.5, 0.6) is 0 Å². The molecule has 156 valence electrons. The van der Waals surface area contributed by atoms with Crippen molar-refractivity contribution in [3.05, 3.63) is 45.4 Å². The molecule has 1 unspecified atom stereocenters. The molecule has 1 aliphatic heterocycles. The number of thiazole rings is 1. The highest BCUT2D eigenvalue weighted by Gasteiger charge is 2.27. The molecular weight excluding hydrogens is 386 g/mol. The van der Waals surface area contributed by atoms with Gasteiger partial charge in [-0.1, -0.05) is 12.1 Å². The summed E-state index contributed by atoms with van der Waals surface area (Å²) < 4.78 is 5.17. The number of likely N-dealkylation sites (tertiary alicyclic amines) is 1. The van der Waals surface area contributed by atoms with Gasteiger partial charge in [-0.05, 0) is 57.4 Å². The second kappa shape index (κ2) is 9.98. The number of carbonyl (C=O) groups is 2. The molecule has 0 aliphatic carbocycles. The molecule has 1 fully saturated rings. The van der Waals surface area contributed by atoms with Crippen molar-refractivity contribution in [3.8, 4) is 0 Å². The summed E-state index contributed by atoms with van der Waals surface area (Å²) in [6.07, 6.45) is 2.14. The van der Waals surface area contributed by atoms with Gasteiger partial charge >= 0.3 is 5.97 Å². The molecular formula is C22H29N3O3S. The van der Waals surface area contributed by atoms with Gasteiger partial charge in [0.15, 0.2) is 0 Å². The lowest BCUT2D eigenvalue weighted by Crippen LogP contribution is -2.39. The molecule has 1 atom stereocenters. The molecule has 7 heteroatoms. The van der Waals surface area contributed by atoms with Gasteiger partial charge in [-0.3, -0.25) is 14.5 Å². The van der Waals surface area contributed by atoms with E-state index in [1.807, 2.05) is 44.4 Å². The lowest BCUT2D eigenvalue weighted by atomic mass is 9.98. The molecule has 1 aromatic heterocycles. The van der Waals surface area contributed by atoms with E-state index in [0.717, 1.165) is 46.9 Å². The number of nitrogens with zero attached hydrogens (tertiary/aromatic N) is 2. The van der Waals surface area contributed by atoms with Gasteiger partial charge in [0, 0.05) is 24.2 Å². The number of amides is 1. The molecule has 0 bridgehead atoms. The quantitative estimate of drug-likeness (QED) is 0.698. The SMILES string of the molecule is CCOC(=O)C1CCCN(Cc2csc(CC(=O)Nc3cc(C)ccc3C)n2)C1. The summed E-state index contributed by atoms with van der Waals surface area (Å²) >= 11 is 1.51. The van der Waals surface area contributed by atoms with Crippen LogP contribution in [0.4, 0.5) is 5.69 Å². The minimum Gasteiger partial charge on any atom is -0.466 e. The fraction of sp³-hybridized carbons (Fsp3) is 0.500. The van der Waals surface area contributed by atoms with Crippen LogP contribution in [0.3, 0.4) is 0 Å². The first-order chi connectivity index (χ1) is 13.9. The van der Waals surface area contributed by atoms with E-state index in [2.05, 4.69) is 15.2 Å². The molecule has 1 amide bonds. The van der Waals surface area contributed by atoms with Crippen LogP contribution < -0.4 is 5.32 Å². The standard InChI is InChI=1S/C22H29N3O3S/c1-4-28-22(27)17-6-5-9-25(12-17)13-18-14-29-21(23-18)11-20(26)24-19-10-15(2)7-8-16(19)3/h7-8,10,14,17H,4-6,9,11-13H2,1-3H3,(H,24,26). The van der Waals surface area contributed by atoms with Gasteiger partial charge in [-0.2, -0.15) is 0 Å². The molecule has 2 aromatic rings. The number of aryl methyl sites for hydroxylation is 2. The highest BCUT2D eigenvalue weighted by molar-refractivity contribution is 7.09. The zero-order chi connectivity index (χ0) is 20.8. The number of carbonyl (C=O) groups excluding carboxylic acids is 2. The summed E-state index contributed by atoms with van der Waals surface area (Å²) in [5, 5.41) is 5.80. The Morgan fingerprint density at radius 2 is 2.17 bits per heavy atom. The van der Waals surface area contributed by atoms with Crippen molar-refractivity contribution in [1.82, 2.24) is 9.88 Å². The Morgan fingerprint density at radius 3 is 2.97 bits per heavy atom. The molecule has 0 saturated carbocycles. The fourth-order valence-corrected chi connectivity index (χ4v) is 4.37. The number of piperidine rings is 1. The molecule has 1 saturated heterocycles. The molecule has 2 heterocycles. The Hall–Kier alpha value is -2.25. The van der Waals surface area contributed by atoms with E-state index < -0.39 is 0 Å². The third-order valence-corrected chi connectivity index (χ3v) is 5.99. The second-order valence-corrected chi connectivity index (χ2v) is 8.54. The van der Waals surface area contributed by atoms with Gasteiger partial charge < -0.3 is 10.1 Å². The molecule has 29 heavy (non-hydrogen) atoms. The first-order valence-corrected chi connectivity index (χ1v) is 11.0. The highest BCUT2D eigenvalue weighted by Crippen LogP contribution is 2.21. The topological polar surface area (TPSA) is 71.5 Å². The zero-order valence-corrected chi connectivity index (χ0v) is 18.2. The summed E-state index contributed by atoms with van der Waals surface area (Å²) in [5.74, 6) is -0.204. The van der Waals surface area contributed by atoms with Crippen molar-refractivity contribution in [2.75, 3.05) is 25.0 Å². The maximum atomic E-state index is 12.4. The number of hydrogen-bond acceptors (Lipinski definition) is 6. The van der Waals surface area contributed by atoms with E-state index in [9.17, 15) is 9.59 Å². The van der Waals surface area contributed by atoms with Crippen LogP contribution in [0.15, 0.2) is 23.6 Å². The number of benzene rings is 1. The van der Waals surface area contributed by atoms with Crippen molar-refractivity contribution in [2.24, 2.45) is 5.92 Å². The van der Waals surface area contributed by atoms with Crippen LogP contribution in [-0.4, -0.2) is 41.5 Å². The maximum Gasteiger partial charge on any atom is 0.310 e. The van der Waals surface area contributed by atoms with Crippen LogP contribution in [0, 0.1) is 19.8 Å². The molecule has 0 spiro atoms. The van der Waals surface area contributed by atoms with E-state index >= 15 is 0 Å². The summed E-state index contributed by atoms with van der Waals surface area (Å²) in [6, 6.07) is 6.02. The molecule has 0 radical (unpaired) electrons. The van der Waals surface area contributed by atoms with E-state index in [1.165, 1.54) is 11.3 Å². The van der Waals surface area contributed by atoms with Crippen molar-refractivity contribution < 1.29 is 14.3 Å². The third kappa shape index (κ3) is 6.11. The van der Waals surface area contributed by atoms with E-state index in [4.69, 9.17) is 4.74 Å². The Morgan fingerprint density at radius 1 is 1.34 bits per heavy atom. The normalized spacial score (nSPS) is 17.1. The minimum atomic E-state index is -0.0979. The number of nitrogens with one attached hydrogen (secondary N) is 1. The predicted octanol–water partition coefficient (Wildman–Crippen LogP) is 3.72. The van der Waals surface area contributed by atoms with Crippen LogP contribution in [0.25, 0.3) is 0 Å². The first-order valence-electron chi connectivity index (χ1n) is 10.1. The van der Waals surface area contributed by atoms with Gasteiger partial charge in [-0.15, -0.1) is 11.3 Å². The van der Waals surface area contributed by atoms with Crippen LogP contribution in [0.1, 0.15) is 41.6 Å². The molecule has 1 aliphatic rings. The van der Waals surface area contributed by atoms with Crippen molar-refractivity contribution in [1.29, 1.82) is 0 Å². The number of hydrogen-bond donors (Lipinski definition) is 1. The number of aromatic nitrogens is 1. The number of anilines is 1. The lowest BCUT2D eigenvalue weighted by Gasteiger charge is -2.30. The Bertz CT molecular complexity index is 865. The van der Waals surface area contributed by atoms with Gasteiger partial charge in [0.1, 0.15) is 5.01 Å². The zero-order valence-electron chi connectivity index (χ0n) is 17.4. The summed E-state index contributed by atoms with van der Waals surface area (Å²) in [7, 11) is 0. The summed E-state index contributed by atoms with van der Waals surface area (Å²) in [6.45, 7) is 8.62. The van der Waals surface area contributed by atoms with Gasteiger partial charge in [0.05, 0.1) is 24.6 Å². The van der Waals surface area contributed by atoms with Crippen LogP contribution in [-0.2, 0) is 27.3 Å². The smallest absolute Gasteiger partial charge is 0.310 e. The van der Waals surface area contributed by atoms with E-state index in [0.29, 0.717) is 19.7 Å². The Kier molecular flexibility index (Phi) is 7.39. The minimum absolute atomic E-state index is 0.0508. The molecule has 1 N–H and O–H groups in total. The van der Waals surface area contributed by atoms with E-state index in [1.54, 1.807) is 0 Å². The maximum absolute atomic E-state index is 12.4. The van der Waals surface area contributed by atoms with Crippen molar-refractivity contribution in [3.63, 3.8) is 0 Å². The van der Waals surface area contributed by atoms with Gasteiger partial charge in [-0.25, -0.2) is 4.98 Å². The van der Waals surface area contributed by atoms with Gasteiger partial charge in [0.25, 0.3) is 0 Å². The van der Waals surface area contributed by atoms with Crippen molar-refractivity contribution in [2.45, 2.75) is 46.6 Å². The Balaban J connectivity index is 1.53. The second-order valence-electron chi connectivity index (χ2n) is 7.60. The molecule has 1 aromatic carbocycles. The number of ether oxygens (including phenoxy) is 1. The van der Waals surface area contributed by atoms with Crippen LogP contribution >= 0.6 is 11.3 Å². The summed E-state index contributed by atoms with van der Waals surface area (Å²) in [4.78, 5) is 31.3. The number of rotatable bonds is 7. The largest absolute Gasteiger partial charge is 0.466 e. The van der Waals surface area contributed by atoms with Crippen LogP contribution in [0.2, 0.25) is 0 Å². The van der Waals surface area contributed by atoms with Gasteiger partial charge in [0.2, 0.25) is 5.91 Å². The third-order valence-electron chi connectivity index (χ3n) is 5.09. The first kappa shape index (κ1) is 21.5. The number of esters is 1. The lowest BCUT2D eigenvalue weighted by molar-refractivity contribution is -0.150. The predicted molar refractivity (Wildman–Crippen MR) is 115 cm³/mol.